The van der Waals surface area contributed by atoms with E-state index >= 15 is 0 Å². The van der Waals surface area contributed by atoms with E-state index in [1.54, 1.807) is 6.07 Å². The van der Waals surface area contributed by atoms with Gasteiger partial charge in [0.05, 0.1) is 5.56 Å². The maximum absolute atomic E-state index is 12.3. The Labute approximate surface area is 144 Å². The number of benzene rings is 1. The molecule has 2 aliphatic heterocycles. The van der Waals surface area contributed by atoms with E-state index in [9.17, 15) is 9.59 Å². The molecule has 1 atom stereocenters. The van der Waals surface area contributed by atoms with E-state index < -0.39 is 0 Å². The molecule has 2 amide bonds. The van der Waals surface area contributed by atoms with Crippen molar-refractivity contribution >= 4 is 27.7 Å². The van der Waals surface area contributed by atoms with Crippen molar-refractivity contribution < 1.29 is 14.3 Å². The number of carbonyl (C=O) groups excluding carboxylic acids is 2. The number of carbonyl (C=O) groups is 2. The Morgan fingerprint density at radius 3 is 2.57 bits per heavy atom. The van der Waals surface area contributed by atoms with Crippen molar-refractivity contribution in [2.24, 2.45) is 0 Å². The zero-order valence-electron chi connectivity index (χ0n) is 13.0. The van der Waals surface area contributed by atoms with Crippen LogP contribution in [0.1, 0.15) is 36.0 Å². The minimum absolute atomic E-state index is 0.0682. The Morgan fingerprint density at radius 1 is 1.17 bits per heavy atom. The number of hydrogen-bond acceptors (Lipinski definition) is 3. The third-order valence-corrected chi connectivity index (χ3v) is 5.16. The number of likely N-dealkylation sites (tertiary alicyclic amines) is 1. The Morgan fingerprint density at radius 2 is 1.91 bits per heavy atom. The summed E-state index contributed by atoms with van der Waals surface area (Å²) in [6.07, 6.45) is 3.12. The molecule has 2 saturated heterocycles. The van der Waals surface area contributed by atoms with Gasteiger partial charge in [-0.3, -0.25) is 9.59 Å². The van der Waals surface area contributed by atoms with Crippen molar-refractivity contribution in [2.45, 2.75) is 37.8 Å². The first-order valence-corrected chi connectivity index (χ1v) is 8.90. The number of nitrogens with one attached hydrogen (secondary N) is 1. The summed E-state index contributed by atoms with van der Waals surface area (Å²) in [6, 6.07) is 7.51. The Kier molecular flexibility index (Phi) is 5.33. The van der Waals surface area contributed by atoms with E-state index in [0.717, 1.165) is 30.2 Å². The number of piperidine rings is 1. The van der Waals surface area contributed by atoms with Crippen LogP contribution in [0, 0.1) is 0 Å². The van der Waals surface area contributed by atoms with Crippen LogP contribution in [0.5, 0.6) is 0 Å². The molecule has 124 valence electrons. The van der Waals surface area contributed by atoms with Gasteiger partial charge in [-0.05, 0) is 53.7 Å². The molecule has 6 heteroatoms. The maximum atomic E-state index is 12.3. The van der Waals surface area contributed by atoms with Gasteiger partial charge >= 0.3 is 0 Å². The SMILES string of the molecule is O=C(NC1CCN(C(=O)C2CCCO2)CC1)c1ccccc1Br. The van der Waals surface area contributed by atoms with Gasteiger partial charge in [0.25, 0.3) is 11.8 Å². The van der Waals surface area contributed by atoms with E-state index in [1.165, 1.54) is 0 Å². The predicted octanol–water partition coefficient (Wildman–Crippen LogP) is 2.35. The molecule has 0 aliphatic carbocycles. The van der Waals surface area contributed by atoms with Crippen molar-refractivity contribution in [3.63, 3.8) is 0 Å². The largest absolute Gasteiger partial charge is 0.368 e. The molecule has 0 spiro atoms. The van der Waals surface area contributed by atoms with Crippen LogP contribution in [0.25, 0.3) is 0 Å². The highest BCUT2D eigenvalue weighted by atomic mass is 79.9. The molecule has 0 saturated carbocycles. The van der Waals surface area contributed by atoms with Crippen molar-refractivity contribution in [3.05, 3.63) is 34.3 Å². The molecule has 2 heterocycles. The van der Waals surface area contributed by atoms with Crippen molar-refractivity contribution in [1.29, 1.82) is 0 Å². The molecule has 1 N–H and O–H groups in total. The lowest BCUT2D eigenvalue weighted by Crippen LogP contribution is -2.49. The highest BCUT2D eigenvalue weighted by Crippen LogP contribution is 2.20. The van der Waals surface area contributed by atoms with E-state index in [1.807, 2.05) is 23.1 Å². The molecule has 1 aromatic rings. The van der Waals surface area contributed by atoms with Crippen LogP contribution < -0.4 is 5.32 Å². The molecule has 3 rings (SSSR count). The molecule has 0 radical (unpaired) electrons. The van der Waals surface area contributed by atoms with Crippen LogP contribution in [0.2, 0.25) is 0 Å². The van der Waals surface area contributed by atoms with Gasteiger partial charge < -0.3 is 15.0 Å². The minimum Gasteiger partial charge on any atom is -0.368 e. The minimum atomic E-state index is -0.249. The zero-order chi connectivity index (χ0) is 16.2. The van der Waals surface area contributed by atoms with Crippen LogP contribution in [0.3, 0.4) is 0 Å². The lowest BCUT2D eigenvalue weighted by Gasteiger charge is -2.33. The standard InChI is InChI=1S/C17H21BrN2O3/c18-14-5-2-1-4-13(14)16(21)19-12-7-9-20(10-8-12)17(22)15-6-3-11-23-15/h1-2,4-5,12,15H,3,6-11H2,(H,19,21). The van der Waals surface area contributed by atoms with Crippen LogP contribution in [0.15, 0.2) is 28.7 Å². The molecule has 5 nitrogen and oxygen atoms in total. The number of amides is 2. The van der Waals surface area contributed by atoms with Gasteiger partial charge in [-0.15, -0.1) is 0 Å². The third kappa shape index (κ3) is 3.93. The summed E-state index contributed by atoms with van der Waals surface area (Å²) in [4.78, 5) is 26.5. The molecular formula is C17H21BrN2O3. The fourth-order valence-electron chi connectivity index (χ4n) is 3.13. The second kappa shape index (κ2) is 7.45. The summed E-state index contributed by atoms with van der Waals surface area (Å²) < 4.78 is 6.26. The van der Waals surface area contributed by atoms with Crippen molar-refractivity contribution in [1.82, 2.24) is 10.2 Å². The number of nitrogens with zero attached hydrogens (tertiary/aromatic N) is 1. The average Bonchev–Trinajstić information content (AvgIpc) is 3.09. The second-order valence-electron chi connectivity index (χ2n) is 6.05. The van der Waals surface area contributed by atoms with Crippen LogP contribution >= 0.6 is 15.9 Å². The summed E-state index contributed by atoms with van der Waals surface area (Å²) in [5.41, 5.74) is 0.644. The van der Waals surface area contributed by atoms with Gasteiger partial charge in [0.15, 0.2) is 0 Å². The number of hydrogen-bond donors (Lipinski definition) is 1. The van der Waals surface area contributed by atoms with Gasteiger partial charge in [-0.1, -0.05) is 12.1 Å². The molecule has 23 heavy (non-hydrogen) atoms. The van der Waals surface area contributed by atoms with E-state index in [2.05, 4.69) is 21.2 Å². The van der Waals surface area contributed by atoms with Crippen molar-refractivity contribution in [2.75, 3.05) is 19.7 Å². The lowest BCUT2D eigenvalue weighted by atomic mass is 10.0. The van der Waals surface area contributed by atoms with E-state index in [0.29, 0.717) is 25.3 Å². The zero-order valence-corrected chi connectivity index (χ0v) is 14.5. The Bertz CT molecular complexity index is 579. The Hall–Kier alpha value is -1.40. The fraction of sp³-hybridized carbons (Fsp3) is 0.529. The summed E-state index contributed by atoms with van der Waals surface area (Å²) >= 11 is 3.40. The summed E-state index contributed by atoms with van der Waals surface area (Å²) in [5.74, 6) is 0.0412. The molecular weight excluding hydrogens is 360 g/mol. The maximum Gasteiger partial charge on any atom is 0.252 e. The quantitative estimate of drug-likeness (QED) is 0.875. The number of ether oxygens (including phenoxy) is 1. The smallest absolute Gasteiger partial charge is 0.252 e. The molecule has 2 fully saturated rings. The van der Waals surface area contributed by atoms with Gasteiger partial charge in [-0.25, -0.2) is 0 Å². The number of rotatable bonds is 3. The highest BCUT2D eigenvalue weighted by Gasteiger charge is 2.31. The molecule has 1 aromatic carbocycles. The van der Waals surface area contributed by atoms with Gasteiger partial charge in [0, 0.05) is 30.2 Å². The first-order valence-electron chi connectivity index (χ1n) is 8.11. The predicted molar refractivity (Wildman–Crippen MR) is 90.2 cm³/mol. The lowest BCUT2D eigenvalue weighted by molar-refractivity contribution is -0.142. The van der Waals surface area contributed by atoms with Crippen LogP contribution in [-0.4, -0.2) is 48.6 Å². The summed E-state index contributed by atoms with van der Waals surface area (Å²) in [5, 5.41) is 3.07. The fourth-order valence-corrected chi connectivity index (χ4v) is 3.59. The van der Waals surface area contributed by atoms with Gasteiger partial charge in [0.2, 0.25) is 0 Å². The van der Waals surface area contributed by atoms with Gasteiger partial charge in [-0.2, -0.15) is 0 Å². The third-order valence-electron chi connectivity index (χ3n) is 4.47. The first kappa shape index (κ1) is 16.5. The number of halogens is 1. The average molecular weight is 381 g/mol. The molecule has 0 bridgehead atoms. The molecule has 0 aromatic heterocycles. The second-order valence-corrected chi connectivity index (χ2v) is 6.91. The molecule has 2 aliphatic rings. The first-order chi connectivity index (χ1) is 11.1. The van der Waals surface area contributed by atoms with E-state index in [-0.39, 0.29) is 24.0 Å². The summed E-state index contributed by atoms with van der Waals surface area (Å²) in [7, 11) is 0. The van der Waals surface area contributed by atoms with Gasteiger partial charge in [0.1, 0.15) is 6.10 Å². The highest BCUT2D eigenvalue weighted by molar-refractivity contribution is 9.10. The molecule has 1 unspecified atom stereocenters. The topological polar surface area (TPSA) is 58.6 Å². The van der Waals surface area contributed by atoms with Crippen LogP contribution in [-0.2, 0) is 9.53 Å². The monoisotopic (exact) mass is 380 g/mol. The Balaban J connectivity index is 1.50. The normalized spacial score (nSPS) is 22.1. The van der Waals surface area contributed by atoms with Crippen molar-refractivity contribution in [3.8, 4) is 0 Å². The summed E-state index contributed by atoms with van der Waals surface area (Å²) in [6.45, 7) is 2.05. The van der Waals surface area contributed by atoms with Crippen LogP contribution in [0.4, 0.5) is 0 Å². The van der Waals surface area contributed by atoms with E-state index in [4.69, 9.17) is 4.74 Å².